The van der Waals surface area contributed by atoms with Crippen LogP contribution in [-0.4, -0.2) is 34.4 Å². The van der Waals surface area contributed by atoms with Crippen molar-refractivity contribution in [2.75, 3.05) is 13.2 Å². The normalized spacial score (nSPS) is 17.7. The van der Waals surface area contributed by atoms with Crippen LogP contribution in [0.5, 0.6) is 5.75 Å². The molecule has 150 valence electrons. The van der Waals surface area contributed by atoms with Gasteiger partial charge >= 0.3 is 6.36 Å². The summed E-state index contributed by atoms with van der Waals surface area (Å²) in [6.45, 7) is 0.637. The van der Waals surface area contributed by atoms with Gasteiger partial charge < -0.3 is 15.2 Å². The Kier molecular flexibility index (Phi) is 5.76. The van der Waals surface area contributed by atoms with Crippen molar-refractivity contribution < 1.29 is 31.6 Å². The summed E-state index contributed by atoms with van der Waals surface area (Å²) in [4.78, 5) is 12.5. The molecular formula is C19H18F3NO4S. The minimum atomic E-state index is -4.74. The summed E-state index contributed by atoms with van der Waals surface area (Å²) in [5.41, 5.74) is 6.93. The zero-order chi connectivity index (χ0) is 20.4. The molecule has 0 bridgehead atoms. The molecule has 0 spiro atoms. The quantitative estimate of drug-likeness (QED) is 0.815. The predicted molar refractivity (Wildman–Crippen MR) is 96.9 cm³/mol. The number of amides is 1. The molecule has 0 aliphatic carbocycles. The molecule has 1 saturated heterocycles. The second-order valence-corrected chi connectivity index (χ2v) is 8.13. The number of ether oxygens (including phenoxy) is 2. The molecule has 1 aliphatic rings. The van der Waals surface area contributed by atoms with Gasteiger partial charge in [0.1, 0.15) is 10.5 Å². The summed E-state index contributed by atoms with van der Waals surface area (Å²) in [6.07, 6.45) is -4.16. The Morgan fingerprint density at radius 2 is 1.50 bits per heavy atom. The number of carbonyl (C=O) groups is 1. The average molecular weight is 413 g/mol. The molecule has 1 atom stereocenters. The molecule has 2 N–H and O–H groups in total. The van der Waals surface area contributed by atoms with Crippen LogP contribution in [0.2, 0.25) is 0 Å². The van der Waals surface area contributed by atoms with Gasteiger partial charge in [0.15, 0.2) is 0 Å². The summed E-state index contributed by atoms with van der Waals surface area (Å²) in [7, 11) is -1.64. The third kappa shape index (κ3) is 4.36. The standard InChI is InChI=1S/C19H18F3NO4S/c20-19(21,22)27-15-5-1-13(2-6-15)14-3-7-16(8-4-14)28(25)18(17(23)24)9-11-26-12-10-18/h1-8H,9-12H2,(H2,23,24). The molecule has 1 aliphatic heterocycles. The van der Waals surface area contributed by atoms with E-state index in [1.54, 1.807) is 24.3 Å². The number of hydrogen-bond donors (Lipinski definition) is 1. The molecule has 9 heteroatoms. The third-order valence-electron chi connectivity index (χ3n) is 4.59. The highest BCUT2D eigenvalue weighted by atomic mass is 32.2. The van der Waals surface area contributed by atoms with E-state index in [4.69, 9.17) is 10.5 Å². The Morgan fingerprint density at radius 1 is 1.00 bits per heavy atom. The van der Waals surface area contributed by atoms with Gasteiger partial charge in [-0.3, -0.25) is 9.00 Å². The molecule has 2 aromatic rings. The molecule has 2 aromatic carbocycles. The van der Waals surface area contributed by atoms with Gasteiger partial charge in [0.2, 0.25) is 5.91 Å². The van der Waals surface area contributed by atoms with Gasteiger partial charge in [-0.2, -0.15) is 0 Å². The number of alkyl halides is 3. The maximum atomic E-state index is 13.0. The zero-order valence-electron chi connectivity index (χ0n) is 14.7. The van der Waals surface area contributed by atoms with Crippen LogP contribution >= 0.6 is 0 Å². The van der Waals surface area contributed by atoms with E-state index >= 15 is 0 Å². The number of nitrogens with two attached hydrogens (primary N) is 1. The van der Waals surface area contributed by atoms with Crippen molar-refractivity contribution in [3.05, 3.63) is 48.5 Å². The summed E-state index contributed by atoms with van der Waals surface area (Å²) >= 11 is 0. The highest BCUT2D eigenvalue weighted by Gasteiger charge is 2.45. The maximum Gasteiger partial charge on any atom is 0.573 e. The summed E-state index contributed by atoms with van der Waals surface area (Å²) in [5, 5.41) is 0. The smallest absolute Gasteiger partial charge is 0.406 e. The Hall–Kier alpha value is -2.39. The lowest BCUT2D eigenvalue weighted by Gasteiger charge is -2.33. The van der Waals surface area contributed by atoms with E-state index < -0.39 is 27.8 Å². The van der Waals surface area contributed by atoms with Crippen molar-refractivity contribution in [1.29, 1.82) is 0 Å². The minimum absolute atomic E-state index is 0.289. The highest BCUT2D eigenvalue weighted by Crippen LogP contribution is 2.33. The monoisotopic (exact) mass is 413 g/mol. The largest absolute Gasteiger partial charge is 0.573 e. The van der Waals surface area contributed by atoms with Crippen LogP contribution in [0.4, 0.5) is 13.2 Å². The molecule has 1 fully saturated rings. The van der Waals surface area contributed by atoms with Gasteiger partial charge in [-0.05, 0) is 48.2 Å². The Labute approximate surface area is 162 Å². The summed E-state index contributed by atoms with van der Waals surface area (Å²) in [6, 6.07) is 12.1. The number of primary amides is 1. The maximum absolute atomic E-state index is 13.0. The Balaban J connectivity index is 1.79. The fourth-order valence-electron chi connectivity index (χ4n) is 3.07. The first-order valence-corrected chi connectivity index (χ1v) is 9.62. The Morgan fingerprint density at radius 3 is 1.96 bits per heavy atom. The second-order valence-electron chi connectivity index (χ2n) is 6.34. The van der Waals surface area contributed by atoms with Gasteiger partial charge in [0.05, 0.1) is 10.8 Å². The van der Waals surface area contributed by atoms with E-state index in [0.717, 1.165) is 5.56 Å². The second kappa shape index (κ2) is 7.92. The van der Waals surface area contributed by atoms with Crippen LogP contribution in [0.15, 0.2) is 53.4 Å². The van der Waals surface area contributed by atoms with E-state index in [-0.39, 0.29) is 18.6 Å². The van der Waals surface area contributed by atoms with Crippen LogP contribution in [0.25, 0.3) is 11.1 Å². The van der Waals surface area contributed by atoms with Crippen molar-refractivity contribution in [3.8, 4) is 16.9 Å². The molecule has 1 amide bonds. The first-order chi connectivity index (χ1) is 13.2. The first-order valence-electron chi connectivity index (χ1n) is 8.47. The van der Waals surface area contributed by atoms with E-state index in [2.05, 4.69) is 4.74 Å². The van der Waals surface area contributed by atoms with Crippen molar-refractivity contribution in [3.63, 3.8) is 0 Å². The van der Waals surface area contributed by atoms with Gasteiger partial charge in [-0.1, -0.05) is 24.3 Å². The number of halogens is 3. The fourth-order valence-corrected chi connectivity index (χ4v) is 4.62. The minimum Gasteiger partial charge on any atom is -0.406 e. The van der Waals surface area contributed by atoms with Crippen molar-refractivity contribution in [1.82, 2.24) is 0 Å². The molecule has 0 saturated carbocycles. The SMILES string of the molecule is NC(=O)C1(S(=O)c2ccc(-c3ccc(OC(F)(F)F)cc3)cc2)CCOCC1. The third-order valence-corrected chi connectivity index (χ3v) is 6.61. The van der Waals surface area contributed by atoms with Crippen LogP contribution in [0, 0.1) is 0 Å². The van der Waals surface area contributed by atoms with Gasteiger partial charge in [-0.25, -0.2) is 0 Å². The first kappa shape index (κ1) is 20.3. The summed E-state index contributed by atoms with van der Waals surface area (Å²) in [5.74, 6) is -0.921. The topological polar surface area (TPSA) is 78.6 Å². The van der Waals surface area contributed by atoms with Crippen LogP contribution in [0.1, 0.15) is 12.8 Å². The zero-order valence-corrected chi connectivity index (χ0v) is 15.5. The van der Waals surface area contributed by atoms with Crippen molar-refractivity contribution >= 4 is 16.7 Å². The Bertz CT molecular complexity index is 860. The molecule has 0 aromatic heterocycles. The highest BCUT2D eigenvalue weighted by molar-refractivity contribution is 7.87. The molecule has 0 radical (unpaired) electrons. The van der Waals surface area contributed by atoms with Crippen LogP contribution in [0.3, 0.4) is 0 Å². The lowest BCUT2D eigenvalue weighted by molar-refractivity contribution is -0.274. The number of carbonyl (C=O) groups excluding carboxylic acids is 1. The predicted octanol–water partition coefficient (Wildman–Crippen LogP) is 3.39. The molecule has 28 heavy (non-hydrogen) atoms. The fraction of sp³-hybridized carbons (Fsp3) is 0.316. The van der Waals surface area contributed by atoms with E-state index in [1.165, 1.54) is 24.3 Å². The van der Waals surface area contributed by atoms with Crippen molar-refractivity contribution in [2.24, 2.45) is 5.73 Å². The van der Waals surface area contributed by atoms with E-state index in [1.807, 2.05) is 0 Å². The lowest BCUT2D eigenvalue weighted by atomic mass is 9.98. The van der Waals surface area contributed by atoms with Crippen molar-refractivity contribution in [2.45, 2.75) is 28.8 Å². The van der Waals surface area contributed by atoms with E-state index in [0.29, 0.717) is 23.7 Å². The molecule has 1 unspecified atom stereocenters. The summed E-state index contributed by atoms with van der Waals surface area (Å²) < 4.78 is 57.7. The molecule has 1 heterocycles. The molecular weight excluding hydrogens is 395 g/mol. The molecule has 3 rings (SSSR count). The van der Waals surface area contributed by atoms with E-state index in [9.17, 15) is 22.2 Å². The van der Waals surface area contributed by atoms with Gasteiger partial charge in [0.25, 0.3) is 0 Å². The lowest BCUT2D eigenvalue weighted by Crippen LogP contribution is -2.51. The van der Waals surface area contributed by atoms with Crippen LogP contribution < -0.4 is 10.5 Å². The number of benzene rings is 2. The van der Waals surface area contributed by atoms with Gasteiger partial charge in [-0.15, -0.1) is 13.2 Å². The number of hydrogen-bond acceptors (Lipinski definition) is 4. The molecule has 5 nitrogen and oxygen atoms in total. The average Bonchev–Trinajstić information content (AvgIpc) is 2.67. The number of rotatable bonds is 5. The van der Waals surface area contributed by atoms with Crippen LogP contribution in [-0.2, 0) is 20.3 Å². The van der Waals surface area contributed by atoms with Gasteiger partial charge in [0, 0.05) is 18.1 Å².